The van der Waals surface area contributed by atoms with Gasteiger partial charge in [-0.3, -0.25) is 0 Å². The Labute approximate surface area is 78.5 Å². The predicted molar refractivity (Wildman–Crippen MR) is 46.9 cm³/mol. The molecule has 1 aliphatic rings. The molecule has 4 unspecified atom stereocenters. The van der Waals surface area contributed by atoms with Crippen LogP contribution in [0.2, 0.25) is 0 Å². The fraction of sp³-hybridized carbons (Fsp3) is 1.00. The Bertz CT molecular complexity index is 175. The molecule has 1 saturated heterocycles. The maximum atomic E-state index is 9.53. The van der Waals surface area contributed by atoms with Crippen molar-refractivity contribution < 1.29 is 19.7 Å². The highest BCUT2D eigenvalue weighted by Crippen LogP contribution is 2.30. The van der Waals surface area contributed by atoms with E-state index in [0.29, 0.717) is 0 Å². The van der Waals surface area contributed by atoms with Crippen molar-refractivity contribution in [2.75, 3.05) is 0 Å². The molecule has 0 saturated carbocycles. The highest BCUT2D eigenvalue weighted by molar-refractivity contribution is 4.81. The van der Waals surface area contributed by atoms with Crippen LogP contribution >= 0.6 is 0 Å². The molecule has 1 rings (SSSR count). The predicted octanol–water partition coefficient (Wildman–Crippen LogP) is 0.473. The van der Waals surface area contributed by atoms with Gasteiger partial charge in [0, 0.05) is 0 Å². The molecule has 4 atom stereocenters. The number of aliphatic hydroxyl groups excluding tert-OH is 2. The number of aliphatic hydroxyl groups is 2. The van der Waals surface area contributed by atoms with Crippen LogP contribution in [0.5, 0.6) is 0 Å². The molecule has 2 N–H and O–H groups in total. The minimum Gasteiger partial charge on any atom is -0.366 e. The van der Waals surface area contributed by atoms with Crippen molar-refractivity contribution in [2.24, 2.45) is 5.41 Å². The Morgan fingerprint density at radius 2 is 1.54 bits per heavy atom. The largest absolute Gasteiger partial charge is 0.366 e. The smallest absolute Gasteiger partial charge is 0.182 e. The van der Waals surface area contributed by atoms with Gasteiger partial charge in [-0.25, -0.2) is 0 Å². The molecule has 13 heavy (non-hydrogen) atoms. The molecule has 1 fully saturated rings. The van der Waals surface area contributed by atoms with E-state index in [9.17, 15) is 10.2 Å². The van der Waals surface area contributed by atoms with Gasteiger partial charge < -0.3 is 19.7 Å². The Morgan fingerprint density at radius 3 is 2.00 bits per heavy atom. The van der Waals surface area contributed by atoms with Crippen molar-refractivity contribution in [1.82, 2.24) is 0 Å². The molecule has 0 aromatic carbocycles. The minimum atomic E-state index is -0.960. The molecule has 0 aromatic rings. The SMILES string of the molecule is CC1OC(O)C(C(C)(C)C)OC1O. The molecule has 0 spiro atoms. The van der Waals surface area contributed by atoms with Crippen LogP contribution in [0, 0.1) is 5.41 Å². The zero-order valence-corrected chi connectivity index (χ0v) is 8.52. The minimum absolute atomic E-state index is 0.249. The van der Waals surface area contributed by atoms with Gasteiger partial charge in [0.2, 0.25) is 0 Å². The van der Waals surface area contributed by atoms with E-state index in [4.69, 9.17) is 9.47 Å². The summed E-state index contributed by atoms with van der Waals surface area (Å²) < 4.78 is 10.4. The molecule has 4 heteroatoms. The monoisotopic (exact) mass is 190 g/mol. The summed E-state index contributed by atoms with van der Waals surface area (Å²) >= 11 is 0. The highest BCUT2D eigenvalue weighted by atomic mass is 16.7. The summed E-state index contributed by atoms with van der Waals surface area (Å²) in [5, 5.41) is 18.9. The first-order chi connectivity index (χ1) is 5.82. The van der Waals surface area contributed by atoms with Gasteiger partial charge >= 0.3 is 0 Å². The van der Waals surface area contributed by atoms with Crippen molar-refractivity contribution in [3.05, 3.63) is 0 Å². The molecule has 1 aliphatic heterocycles. The fourth-order valence-electron chi connectivity index (χ4n) is 1.32. The Kier molecular flexibility index (Phi) is 2.97. The lowest BCUT2D eigenvalue weighted by Gasteiger charge is -2.41. The van der Waals surface area contributed by atoms with Crippen molar-refractivity contribution >= 4 is 0 Å². The summed E-state index contributed by atoms with van der Waals surface area (Å²) in [5.41, 5.74) is -0.249. The van der Waals surface area contributed by atoms with Crippen LogP contribution < -0.4 is 0 Å². The van der Waals surface area contributed by atoms with Crippen LogP contribution in [0.1, 0.15) is 27.7 Å². The first kappa shape index (κ1) is 10.9. The van der Waals surface area contributed by atoms with E-state index in [2.05, 4.69) is 0 Å². The third-order valence-corrected chi connectivity index (χ3v) is 2.15. The van der Waals surface area contributed by atoms with Gasteiger partial charge in [0.15, 0.2) is 12.6 Å². The zero-order valence-electron chi connectivity index (χ0n) is 8.52. The molecule has 4 nitrogen and oxygen atoms in total. The first-order valence-corrected chi connectivity index (χ1v) is 4.49. The van der Waals surface area contributed by atoms with Gasteiger partial charge in [-0.15, -0.1) is 0 Å². The topological polar surface area (TPSA) is 58.9 Å². The van der Waals surface area contributed by atoms with Crippen LogP contribution in [0.15, 0.2) is 0 Å². The Hall–Kier alpha value is -0.160. The second-order valence-corrected chi connectivity index (χ2v) is 4.55. The summed E-state index contributed by atoms with van der Waals surface area (Å²) in [6.45, 7) is 7.43. The number of hydrogen-bond acceptors (Lipinski definition) is 4. The standard InChI is InChI=1S/C9H18O4/c1-5-7(10)13-6(8(11)12-5)9(2,3)4/h5-8,10-11H,1-4H3. The van der Waals surface area contributed by atoms with Crippen molar-refractivity contribution in [2.45, 2.75) is 52.5 Å². The summed E-state index contributed by atoms with van der Waals surface area (Å²) in [7, 11) is 0. The molecule has 0 bridgehead atoms. The van der Waals surface area contributed by atoms with Gasteiger partial charge in [-0.05, 0) is 12.3 Å². The molecular weight excluding hydrogens is 172 g/mol. The second-order valence-electron chi connectivity index (χ2n) is 4.55. The molecular formula is C9H18O4. The number of hydrogen-bond donors (Lipinski definition) is 2. The van der Waals surface area contributed by atoms with E-state index >= 15 is 0 Å². The first-order valence-electron chi connectivity index (χ1n) is 4.49. The van der Waals surface area contributed by atoms with Crippen LogP contribution in [-0.4, -0.2) is 35.0 Å². The van der Waals surface area contributed by atoms with Crippen LogP contribution in [0.4, 0.5) is 0 Å². The Balaban J connectivity index is 2.67. The lowest BCUT2D eigenvalue weighted by atomic mass is 9.88. The van der Waals surface area contributed by atoms with E-state index in [0.717, 1.165) is 0 Å². The summed E-state index contributed by atoms with van der Waals surface area (Å²) in [4.78, 5) is 0. The van der Waals surface area contributed by atoms with Gasteiger partial charge in [0.25, 0.3) is 0 Å². The van der Waals surface area contributed by atoms with Crippen LogP contribution in [0.25, 0.3) is 0 Å². The lowest BCUT2D eigenvalue weighted by molar-refractivity contribution is -0.343. The molecule has 1 heterocycles. The number of ether oxygens (including phenoxy) is 2. The zero-order chi connectivity index (χ0) is 10.2. The van der Waals surface area contributed by atoms with Crippen molar-refractivity contribution in [3.8, 4) is 0 Å². The second kappa shape index (κ2) is 3.53. The van der Waals surface area contributed by atoms with E-state index in [1.807, 2.05) is 20.8 Å². The molecule has 0 amide bonds. The third kappa shape index (κ3) is 2.40. The normalized spacial score (nSPS) is 42.0. The molecule has 0 aliphatic carbocycles. The lowest BCUT2D eigenvalue weighted by Crippen LogP contribution is -2.53. The maximum Gasteiger partial charge on any atom is 0.182 e. The van der Waals surface area contributed by atoms with Crippen LogP contribution in [0.3, 0.4) is 0 Å². The van der Waals surface area contributed by atoms with E-state index in [1.165, 1.54) is 0 Å². The molecule has 0 aromatic heterocycles. The van der Waals surface area contributed by atoms with Gasteiger partial charge in [0.05, 0.1) is 0 Å². The van der Waals surface area contributed by atoms with Crippen LogP contribution in [-0.2, 0) is 9.47 Å². The maximum absolute atomic E-state index is 9.53. The summed E-state index contributed by atoms with van der Waals surface area (Å²) in [6, 6.07) is 0. The van der Waals surface area contributed by atoms with E-state index in [1.54, 1.807) is 6.92 Å². The van der Waals surface area contributed by atoms with Gasteiger partial charge in [-0.2, -0.15) is 0 Å². The highest BCUT2D eigenvalue weighted by Gasteiger charge is 2.41. The Morgan fingerprint density at radius 1 is 1.00 bits per heavy atom. The van der Waals surface area contributed by atoms with E-state index < -0.39 is 24.8 Å². The average Bonchev–Trinajstić information content (AvgIpc) is 1.94. The summed E-state index contributed by atoms with van der Waals surface area (Å²) in [5.74, 6) is 0. The average molecular weight is 190 g/mol. The third-order valence-electron chi connectivity index (χ3n) is 2.15. The molecule has 78 valence electrons. The van der Waals surface area contributed by atoms with Crippen molar-refractivity contribution in [3.63, 3.8) is 0 Å². The fourth-order valence-corrected chi connectivity index (χ4v) is 1.32. The van der Waals surface area contributed by atoms with Crippen molar-refractivity contribution in [1.29, 1.82) is 0 Å². The van der Waals surface area contributed by atoms with Gasteiger partial charge in [-0.1, -0.05) is 20.8 Å². The number of rotatable bonds is 0. The summed E-state index contributed by atoms with van der Waals surface area (Å²) in [6.07, 6.45) is -2.88. The van der Waals surface area contributed by atoms with Gasteiger partial charge in [0.1, 0.15) is 12.2 Å². The quantitative estimate of drug-likeness (QED) is 0.583. The van der Waals surface area contributed by atoms with E-state index in [-0.39, 0.29) is 5.41 Å². The molecule has 0 radical (unpaired) electrons.